The molecule has 2 atom stereocenters. The topological polar surface area (TPSA) is 612 Å². The first kappa shape index (κ1) is 124. The smallest absolute Gasteiger partial charge is 0.463 e. The third kappa shape index (κ3) is 93.2. The Kier molecular flexibility index (Phi) is 82.4. The average molecular weight is 1830 g/mol. The van der Waals surface area contributed by atoms with E-state index in [0.717, 1.165) is 12.2 Å². The van der Waals surface area contributed by atoms with Crippen LogP contribution in [-0.2, 0) is 167 Å². The number of unbranched alkanes of at least 4 members (excludes halogenated alkanes) is 6. The zero-order chi connectivity index (χ0) is 91.5. The molecule has 0 saturated heterocycles. The Morgan fingerprint density at radius 2 is 0.521 bits per heavy atom. The highest BCUT2D eigenvalue weighted by Crippen LogP contribution is 2.37. The third-order valence-corrected chi connectivity index (χ3v) is 20.3. The van der Waals surface area contributed by atoms with Gasteiger partial charge in [-0.3, -0.25) is 28.0 Å². The Morgan fingerprint density at radius 1 is 0.308 bits per heavy atom. The highest BCUT2D eigenvalue weighted by molar-refractivity contribution is 7.46. The summed E-state index contributed by atoms with van der Waals surface area (Å²) < 4.78 is 151. The minimum atomic E-state index is -4.46. The van der Waals surface area contributed by atoms with Gasteiger partial charge in [0.25, 0.3) is 0 Å². The molecule has 0 aliphatic carbocycles. The quantitative estimate of drug-likeness (QED) is 0.00730. The Hall–Kier alpha value is -6.56. The van der Waals surface area contributed by atoms with E-state index < -0.39 is 99.4 Å². The van der Waals surface area contributed by atoms with E-state index in [0.29, 0.717) is 113 Å². The van der Waals surface area contributed by atoms with Crippen molar-refractivity contribution in [2.24, 2.45) is 0 Å². The number of carbonyl (C=O) groups is 10. The average Bonchev–Trinajstić information content (AvgIpc) is 0.904. The van der Waals surface area contributed by atoms with Crippen LogP contribution >= 0.6 is 40.0 Å². The van der Waals surface area contributed by atoms with Gasteiger partial charge in [0.2, 0.25) is 0 Å². The zero-order valence-corrected chi connectivity index (χ0v) is 74.5. The van der Waals surface area contributed by atoms with Gasteiger partial charge in [-0.05, 0) is 86.0 Å². The second kappa shape index (κ2) is 78.0. The van der Waals surface area contributed by atoms with Gasteiger partial charge in [-0.2, -0.15) is 0 Å². The molecule has 0 radical (unpaired) electrons. The molecule has 8 N–H and O–H groups in total. The number of rotatable bonds is 59. The maximum Gasteiger partial charge on any atom is 0.694 e. The molecule has 0 bridgehead atoms. The van der Waals surface area contributed by atoms with E-state index in [4.69, 9.17) is 104 Å². The highest BCUT2D eigenvalue weighted by Gasteiger charge is 2.38. The van der Waals surface area contributed by atoms with Crippen molar-refractivity contribution in [1.82, 2.24) is 0 Å². The molecule has 0 fully saturated rings. The Labute approximate surface area is 685 Å². The van der Waals surface area contributed by atoms with Gasteiger partial charge >= 0.3 is 117 Å². The predicted molar refractivity (Wildman–Crippen MR) is 417 cm³/mol. The van der Waals surface area contributed by atoms with Crippen molar-refractivity contribution in [2.45, 2.75) is 137 Å². The molecule has 2 unspecified atom stereocenters. The Balaban J connectivity index is -0.000000243. The van der Waals surface area contributed by atoms with E-state index >= 15 is 0 Å². The summed E-state index contributed by atoms with van der Waals surface area (Å²) in [5, 5.41) is 0. The summed E-state index contributed by atoms with van der Waals surface area (Å²) in [5.74, 6) is -4.79. The van der Waals surface area contributed by atoms with Crippen molar-refractivity contribution in [2.75, 3.05) is 142 Å². The summed E-state index contributed by atoms with van der Waals surface area (Å²) in [6.45, 7) is 31.0. The molecule has 0 rings (SSSR count). The summed E-state index contributed by atoms with van der Waals surface area (Å²) in [5.41, 5.74) is 1.48. The highest BCUT2D eigenvalue weighted by atomic mass is 31.2. The summed E-state index contributed by atoms with van der Waals surface area (Å²) >= 11 is 0. The molecule has 0 aromatic carbocycles. The zero-order valence-electron chi connectivity index (χ0n) is 68.0. The van der Waals surface area contributed by atoms with Crippen molar-refractivity contribution in [3.8, 4) is 0 Å². The molecule has 0 heterocycles. The maximum atomic E-state index is 11.3. The number of phosphoric acid groups is 3. The number of carbonyl (C=O) groups excluding carboxylic acids is 10. The monoisotopic (exact) mass is 1830 g/mol. The van der Waals surface area contributed by atoms with Crippen molar-refractivity contribution in [3.05, 3.63) is 86.1 Å². The van der Waals surface area contributed by atoms with Gasteiger partial charge in [-0.25, -0.2) is 47.3 Å². The Bertz CT molecular complexity index is 3040. The van der Waals surface area contributed by atoms with Gasteiger partial charge in [-0.15, -0.1) is 18.8 Å². The normalized spacial score (nSPS) is 11.0. The van der Waals surface area contributed by atoms with Gasteiger partial charge in [-0.1, -0.05) is 65.3 Å². The van der Waals surface area contributed by atoms with Crippen LogP contribution in [0.15, 0.2) is 86.1 Å². The van der Waals surface area contributed by atoms with Crippen LogP contribution in [0.2, 0.25) is 12.1 Å². The lowest BCUT2D eigenvalue weighted by molar-refractivity contribution is -0.150. The SMILES string of the molecule is C=C(C)C(=O)OCCC[Si](OC)(OC)OC.C=C(C)C(=O)OCCOC(=O)CCCCCOP(=O)(O)O.C=C(C)C(=O)OCCOC(=O)CCCCCO[P+](=O)O.C=C(C)C(=O)OCCOC(=O)CCCCCO[P+](=O)O.C=C(C)C(=O)OCCOP(=O)(O)O.C=CC(=O)OCCC[Si](OC)(OC)OC.C=CC(=O)OCCOP(=O)(O)O. The lowest BCUT2D eigenvalue weighted by Crippen LogP contribution is -2.42. The van der Waals surface area contributed by atoms with Crippen LogP contribution in [0.25, 0.3) is 0 Å². The molecule has 0 amide bonds. The largest absolute Gasteiger partial charge is 0.694 e. The number of phosphoric ester groups is 3. The summed E-state index contributed by atoms with van der Waals surface area (Å²) in [7, 11) is -14.1. The fourth-order valence-electron chi connectivity index (χ4n) is 6.55. The molecule has 51 heteroatoms. The van der Waals surface area contributed by atoms with Crippen molar-refractivity contribution >= 4 is 117 Å². The molecule has 117 heavy (non-hydrogen) atoms. The van der Waals surface area contributed by atoms with E-state index in [1.165, 1.54) is 27.7 Å². The van der Waals surface area contributed by atoms with E-state index in [1.54, 1.807) is 49.6 Å². The first-order valence-electron chi connectivity index (χ1n) is 34.7. The van der Waals surface area contributed by atoms with Gasteiger partial charge in [0.1, 0.15) is 66.1 Å². The van der Waals surface area contributed by atoms with Crippen molar-refractivity contribution in [1.29, 1.82) is 0 Å². The van der Waals surface area contributed by atoms with Crippen LogP contribution in [0.3, 0.4) is 0 Å². The van der Waals surface area contributed by atoms with E-state index in [9.17, 15) is 70.8 Å². The van der Waals surface area contributed by atoms with Crippen LogP contribution in [0.4, 0.5) is 0 Å². The van der Waals surface area contributed by atoms with Crippen molar-refractivity contribution in [3.63, 3.8) is 0 Å². The number of ether oxygens (including phenoxy) is 10. The first-order valence-corrected chi connectivity index (χ1v) is 45.4. The predicted octanol–water partition coefficient (Wildman–Crippen LogP) is 7.47. The molecule has 0 saturated carbocycles. The molecule has 0 aromatic rings. The summed E-state index contributed by atoms with van der Waals surface area (Å²) in [6.07, 6.45) is 9.40. The van der Waals surface area contributed by atoms with Crippen LogP contribution in [0.5, 0.6) is 0 Å². The molecule has 0 aliphatic rings. The number of hydrogen-bond donors (Lipinski definition) is 8. The van der Waals surface area contributed by atoms with E-state index in [1.807, 2.05) is 0 Å². The second-order valence-corrected chi connectivity index (χ2v) is 33.7. The minimum absolute atomic E-state index is 0.00875. The first-order chi connectivity index (χ1) is 54.5. The molecule has 0 aliphatic heterocycles. The van der Waals surface area contributed by atoms with E-state index in [-0.39, 0.29) is 134 Å². The third-order valence-electron chi connectivity index (χ3n) is 12.3. The molecule has 44 nitrogen and oxygen atoms in total. The van der Waals surface area contributed by atoms with Crippen LogP contribution in [-0.4, -0.2) is 258 Å². The molecule has 0 spiro atoms. The molecule has 678 valence electrons. The minimum Gasteiger partial charge on any atom is -0.463 e. The Morgan fingerprint density at radius 3 is 0.761 bits per heavy atom. The van der Waals surface area contributed by atoms with Crippen LogP contribution in [0, 0.1) is 0 Å². The lowest BCUT2D eigenvalue weighted by atomic mass is 10.2. The summed E-state index contributed by atoms with van der Waals surface area (Å²) in [4.78, 5) is 176. The maximum absolute atomic E-state index is 11.3. The lowest BCUT2D eigenvalue weighted by Gasteiger charge is -2.24. The number of hydrogen-bond acceptors (Lipinski definition) is 36. The fraction of sp³-hybridized carbons (Fsp3) is 0.636. The molecular formula is C66H119O44P5Si2+2. The van der Waals surface area contributed by atoms with Gasteiger partial charge < -0.3 is 103 Å². The fourth-order valence-corrected chi connectivity index (χ4v) is 11.5. The van der Waals surface area contributed by atoms with Gasteiger partial charge in [0, 0.05) is 123 Å². The van der Waals surface area contributed by atoms with Crippen molar-refractivity contribution < 1.29 is 206 Å². The molecule has 0 aromatic heterocycles. The van der Waals surface area contributed by atoms with Crippen LogP contribution in [0.1, 0.15) is 125 Å². The van der Waals surface area contributed by atoms with E-state index in [2.05, 4.69) is 78.1 Å². The van der Waals surface area contributed by atoms with Crippen LogP contribution < -0.4 is 0 Å². The molecular weight excluding hydrogens is 1710 g/mol. The second-order valence-electron chi connectivity index (χ2n) is 22.3. The summed E-state index contributed by atoms with van der Waals surface area (Å²) in [6, 6.07) is 1.22. The standard InChI is InChI=1S/C12H21O8P.2C12H19O7P.C10H20O5Si.C9H18O5Si.C6H11O6P.C5H9O6P/c1-10(2)12(14)19-9-8-18-11(13)6-4-3-5-7-20-21(15,16)17;2*1-10(2)12(14)18-9-8-17-11(13)6-4-3-5-7-19-20(15)16;1-9(2)10(11)15-7-6-8-16(12-3,13-4)14-5;1-5-9(10)14-7-6-8-15(11-2,12-3)13-4;1-5(2)6(7)11-3-4-12-13(8,9)10;1-2-5(6)10-3-4-11-12(7,8)9/h1,3-9H2,2H3,(H2,15,16,17);2*1,3-9H2,2H3;1,6-8H2,2-5H3;5H,1,6-8H2,2-4H3;1,3-4H2,2H3,(H2,8,9,10);2H,1,3-4H2,(H2,7,8,9)/p+2. The van der Waals surface area contributed by atoms with Gasteiger partial charge in [0.15, 0.2) is 0 Å². The van der Waals surface area contributed by atoms with Gasteiger partial charge in [0.05, 0.1) is 33.0 Å². The number of esters is 10.